The summed E-state index contributed by atoms with van der Waals surface area (Å²) in [4.78, 5) is 4.61. The molecule has 1 aliphatic carbocycles. The van der Waals surface area contributed by atoms with E-state index in [0.717, 1.165) is 29.5 Å². The summed E-state index contributed by atoms with van der Waals surface area (Å²) in [5.41, 5.74) is 0. The zero-order chi connectivity index (χ0) is 15.7. The molecule has 0 spiro atoms. The maximum absolute atomic E-state index is 4.61. The van der Waals surface area contributed by atoms with E-state index in [1.807, 2.05) is 0 Å². The van der Waals surface area contributed by atoms with Crippen LogP contribution >= 0.6 is 11.8 Å². The molecule has 2 unspecified atom stereocenters. The van der Waals surface area contributed by atoms with Crippen LogP contribution in [0.3, 0.4) is 0 Å². The van der Waals surface area contributed by atoms with Crippen molar-refractivity contribution in [2.24, 2.45) is 22.7 Å². The van der Waals surface area contributed by atoms with Gasteiger partial charge in [0.2, 0.25) is 0 Å². The highest BCUT2D eigenvalue weighted by Crippen LogP contribution is 2.39. The van der Waals surface area contributed by atoms with Gasteiger partial charge in [-0.3, -0.25) is 4.99 Å². The monoisotopic (exact) mass is 312 g/mol. The molecule has 0 aromatic heterocycles. The van der Waals surface area contributed by atoms with Crippen molar-refractivity contribution in [3.63, 3.8) is 0 Å². The molecule has 0 aliphatic heterocycles. The van der Waals surface area contributed by atoms with Gasteiger partial charge in [0.15, 0.2) is 5.17 Å². The van der Waals surface area contributed by atoms with Gasteiger partial charge in [-0.05, 0) is 43.8 Å². The molecule has 3 heteroatoms. The number of hydrogen-bond donors (Lipinski definition) is 1. The third-order valence-electron chi connectivity index (χ3n) is 5.09. The highest BCUT2D eigenvalue weighted by molar-refractivity contribution is 8.13. The molecule has 0 radical (unpaired) electrons. The normalized spacial score (nSPS) is 30.4. The first-order chi connectivity index (χ1) is 10.2. The number of unbranched alkanes of at least 4 members (excludes halogenated alkanes) is 1. The van der Waals surface area contributed by atoms with Crippen molar-refractivity contribution in [1.29, 1.82) is 0 Å². The van der Waals surface area contributed by atoms with Gasteiger partial charge in [-0.25, -0.2) is 0 Å². The van der Waals surface area contributed by atoms with Crippen LogP contribution in [-0.4, -0.2) is 24.0 Å². The molecule has 0 amide bonds. The van der Waals surface area contributed by atoms with Crippen LogP contribution in [0.25, 0.3) is 0 Å². The Bertz CT molecular complexity index is 290. The molecular formula is C18H36N2S. The minimum atomic E-state index is 0.635. The van der Waals surface area contributed by atoms with E-state index in [9.17, 15) is 0 Å². The lowest BCUT2D eigenvalue weighted by molar-refractivity contribution is 0.133. The summed E-state index contributed by atoms with van der Waals surface area (Å²) >= 11 is 1.77. The van der Waals surface area contributed by atoms with Gasteiger partial charge in [-0.15, -0.1) is 0 Å². The second-order valence-corrected chi connectivity index (χ2v) is 7.27. The summed E-state index contributed by atoms with van der Waals surface area (Å²) in [5.74, 6) is 2.60. The SMILES string of the molecule is CCCCC1CC(CC)C(NC(=NCC)SC)C(CC)C1. The maximum Gasteiger partial charge on any atom is 0.156 e. The molecule has 124 valence electrons. The number of nitrogens with zero attached hydrogens (tertiary/aromatic N) is 1. The quantitative estimate of drug-likeness (QED) is 0.507. The Kier molecular flexibility index (Phi) is 9.46. The first kappa shape index (κ1) is 18.9. The maximum atomic E-state index is 4.61. The summed E-state index contributed by atoms with van der Waals surface area (Å²) in [6, 6.07) is 0.635. The first-order valence-corrected chi connectivity index (χ1v) is 10.3. The molecule has 1 aliphatic rings. The van der Waals surface area contributed by atoms with E-state index < -0.39 is 0 Å². The van der Waals surface area contributed by atoms with Crippen LogP contribution in [0.5, 0.6) is 0 Å². The number of rotatable bonds is 7. The second kappa shape index (κ2) is 10.5. The number of aliphatic imine (C=N–C) groups is 1. The summed E-state index contributed by atoms with van der Waals surface area (Å²) in [7, 11) is 0. The molecular weight excluding hydrogens is 276 g/mol. The van der Waals surface area contributed by atoms with Gasteiger partial charge in [0.05, 0.1) is 0 Å². The van der Waals surface area contributed by atoms with E-state index in [1.165, 1.54) is 44.9 Å². The van der Waals surface area contributed by atoms with Gasteiger partial charge in [0.1, 0.15) is 0 Å². The summed E-state index contributed by atoms with van der Waals surface area (Å²) < 4.78 is 0. The number of thioether (sulfide) groups is 1. The van der Waals surface area contributed by atoms with Gasteiger partial charge in [-0.2, -0.15) is 0 Å². The third kappa shape index (κ3) is 5.84. The highest BCUT2D eigenvalue weighted by atomic mass is 32.2. The van der Waals surface area contributed by atoms with E-state index >= 15 is 0 Å². The fourth-order valence-electron chi connectivity index (χ4n) is 3.89. The van der Waals surface area contributed by atoms with Crippen LogP contribution in [0.2, 0.25) is 0 Å². The largest absolute Gasteiger partial charge is 0.362 e. The molecule has 21 heavy (non-hydrogen) atoms. The zero-order valence-corrected chi connectivity index (χ0v) is 15.6. The van der Waals surface area contributed by atoms with E-state index in [2.05, 4.69) is 44.3 Å². The molecule has 0 saturated heterocycles. The van der Waals surface area contributed by atoms with Gasteiger partial charge in [-0.1, -0.05) is 64.6 Å². The Hall–Kier alpha value is -0.180. The zero-order valence-electron chi connectivity index (χ0n) is 14.8. The average Bonchev–Trinajstić information content (AvgIpc) is 2.52. The smallest absolute Gasteiger partial charge is 0.156 e. The van der Waals surface area contributed by atoms with Crippen LogP contribution in [0.15, 0.2) is 4.99 Å². The van der Waals surface area contributed by atoms with Gasteiger partial charge < -0.3 is 5.32 Å². The summed E-state index contributed by atoms with van der Waals surface area (Å²) in [6.07, 6.45) is 11.7. The fraction of sp³-hybridized carbons (Fsp3) is 0.944. The van der Waals surface area contributed by atoms with Crippen molar-refractivity contribution < 1.29 is 0 Å². The Balaban J connectivity index is 2.74. The minimum absolute atomic E-state index is 0.635. The van der Waals surface area contributed by atoms with Crippen molar-refractivity contribution in [3.8, 4) is 0 Å². The average molecular weight is 313 g/mol. The van der Waals surface area contributed by atoms with E-state index in [-0.39, 0.29) is 0 Å². The lowest BCUT2D eigenvalue weighted by atomic mass is 9.68. The Morgan fingerprint density at radius 2 is 1.71 bits per heavy atom. The molecule has 1 saturated carbocycles. The molecule has 1 N–H and O–H groups in total. The highest BCUT2D eigenvalue weighted by Gasteiger charge is 2.36. The van der Waals surface area contributed by atoms with E-state index in [1.54, 1.807) is 11.8 Å². The van der Waals surface area contributed by atoms with Gasteiger partial charge in [0, 0.05) is 12.6 Å². The van der Waals surface area contributed by atoms with Crippen molar-refractivity contribution in [1.82, 2.24) is 5.32 Å². The van der Waals surface area contributed by atoms with Crippen LogP contribution in [-0.2, 0) is 0 Å². The van der Waals surface area contributed by atoms with Crippen LogP contribution in [0, 0.1) is 17.8 Å². The standard InChI is InChI=1S/C18H36N2S/c1-6-10-11-14-12-15(7-2)17(16(8-3)13-14)20-18(21-5)19-9-4/h14-17H,6-13H2,1-5H3,(H,19,20). The molecule has 2 atom stereocenters. The Morgan fingerprint density at radius 1 is 1.10 bits per heavy atom. The topological polar surface area (TPSA) is 24.4 Å². The fourth-order valence-corrected chi connectivity index (χ4v) is 4.40. The van der Waals surface area contributed by atoms with Gasteiger partial charge >= 0.3 is 0 Å². The summed E-state index contributed by atoms with van der Waals surface area (Å²) in [6.45, 7) is 10.0. The van der Waals surface area contributed by atoms with Crippen molar-refractivity contribution in [2.45, 2.75) is 78.7 Å². The third-order valence-corrected chi connectivity index (χ3v) is 5.72. The minimum Gasteiger partial charge on any atom is -0.362 e. The predicted molar refractivity (Wildman–Crippen MR) is 98.2 cm³/mol. The van der Waals surface area contributed by atoms with Crippen molar-refractivity contribution >= 4 is 16.9 Å². The first-order valence-electron chi connectivity index (χ1n) is 9.04. The molecule has 0 aromatic carbocycles. The molecule has 1 fully saturated rings. The Labute approximate surface area is 137 Å². The summed E-state index contributed by atoms with van der Waals surface area (Å²) in [5, 5.41) is 4.94. The molecule has 2 nitrogen and oxygen atoms in total. The van der Waals surface area contributed by atoms with Crippen molar-refractivity contribution in [3.05, 3.63) is 0 Å². The lowest BCUT2D eigenvalue weighted by Gasteiger charge is -2.42. The number of amidine groups is 1. The van der Waals surface area contributed by atoms with Crippen LogP contribution in [0.4, 0.5) is 0 Å². The van der Waals surface area contributed by atoms with Crippen molar-refractivity contribution in [2.75, 3.05) is 12.8 Å². The van der Waals surface area contributed by atoms with E-state index in [4.69, 9.17) is 0 Å². The van der Waals surface area contributed by atoms with Crippen LogP contribution < -0.4 is 5.32 Å². The predicted octanol–water partition coefficient (Wildman–Crippen LogP) is 5.34. The molecule has 0 heterocycles. The second-order valence-electron chi connectivity index (χ2n) is 6.47. The van der Waals surface area contributed by atoms with E-state index in [0.29, 0.717) is 6.04 Å². The Morgan fingerprint density at radius 3 is 2.14 bits per heavy atom. The van der Waals surface area contributed by atoms with Gasteiger partial charge in [0.25, 0.3) is 0 Å². The number of nitrogens with one attached hydrogen (secondary N) is 1. The van der Waals surface area contributed by atoms with Crippen LogP contribution in [0.1, 0.15) is 72.6 Å². The number of hydrogen-bond acceptors (Lipinski definition) is 2. The molecule has 0 bridgehead atoms. The molecule has 0 aromatic rings. The molecule has 1 rings (SSSR count). The lowest BCUT2D eigenvalue weighted by Crippen LogP contribution is -2.48.